The first kappa shape index (κ1) is 10.3. The fourth-order valence-corrected chi connectivity index (χ4v) is 2.30. The molecule has 0 aliphatic heterocycles. The number of para-hydroxylation sites is 1. The largest absolute Gasteiger partial charge is 0.504 e. The van der Waals surface area contributed by atoms with Crippen LogP contribution in [0.3, 0.4) is 0 Å². The molecule has 1 saturated carbocycles. The second-order valence-electron chi connectivity index (χ2n) is 4.22. The summed E-state index contributed by atoms with van der Waals surface area (Å²) in [4.78, 5) is 0. The molecule has 0 bridgehead atoms. The Morgan fingerprint density at radius 1 is 1.33 bits per heavy atom. The molecular weight excluding hydrogens is 194 g/mol. The van der Waals surface area contributed by atoms with Crippen LogP contribution in [0.2, 0.25) is 0 Å². The minimum absolute atomic E-state index is 0.116. The van der Waals surface area contributed by atoms with Crippen LogP contribution in [-0.2, 0) is 5.41 Å². The van der Waals surface area contributed by atoms with Crippen molar-refractivity contribution in [3.05, 3.63) is 23.8 Å². The lowest BCUT2D eigenvalue weighted by Gasteiger charge is -2.45. The highest BCUT2D eigenvalue weighted by atomic mass is 16.3. The molecule has 5 N–H and O–H groups in total. The van der Waals surface area contributed by atoms with Gasteiger partial charge >= 0.3 is 0 Å². The molecule has 0 heterocycles. The quantitative estimate of drug-likeness (QED) is 0.533. The van der Waals surface area contributed by atoms with Gasteiger partial charge in [-0.1, -0.05) is 12.1 Å². The van der Waals surface area contributed by atoms with E-state index in [9.17, 15) is 15.3 Å². The Labute approximate surface area is 88.0 Å². The Hall–Kier alpha value is -1.26. The van der Waals surface area contributed by atoms with Crippen molar-refractivity contribution in [3.8, 4) is 11.5 Å². The van der Waals surface area contributed by atoms with Crippen LogP contribution in [0.25, 0.3) is 0 Å². The van der Waals surface area contributed by atoms with Crippen molar-refractivity contribution in [3.63, 3.8) is 0 Å². The van der Waals surface area contributed by atoms with E-state index in [0.29, 0.717) is 24.9 Å². The number of nitrogens with two attached hydrogens (primary N) is 1. The summed E-state index contributed by atoms with van der Waals surface area (Å²) < 4.78 is 0. The van der Waals surface area contributed by atoms with Crippen molar-refractivity contribution >= 4 is 0 Å². The van der Waals surface area contributed by atoms with Crippen LogP contribution in [-0.4, -0.2) is 28.0 Å². The highest BCUT2D eigenvalue weighted by Crippen LogP contribution is 2.48. The minimum atomic E-state index is -0.373. The molecule has 1 aromatic carbocycles. The van der Waals surface area contributed by atoms with E-state index in [1.807, 2.05) is 0 Å². The minimum Gasteiger partial charge on any atom is -0.504 e. The summed E-state index contributed by atoms with van der Waals surface area (Å²) in [5.74, 6) is -0.253. The third-order valence-electron chi connectivity index (χ3n) is 3.23. The standard InChI is InChI=1S/C11H15NO3/c12-6-11(4-7(13)5-11)8-2-1-3-9(14)10(8)15/h1-3,7,13-15H,4-6,12H2. The molecule has 0 atom stereocenters. The van der Waals surface area contributed by atoms with Crippen molar-refractivity contribution in [2.75, 3.05) is 6.54 Å². The zero-order valence-corrected chi connectivity index (χ0v) is 8.35. The molecular formula is C11H15NO3. The van der Waals surface area contributed by atoms with E-state index in [4.69, 9.17) is 5.73 Å². The third kappa shape index (κ3) is 1.46. The average Bonchev–Trinajstić information content (AvgIpc) is 2.17. The van der Waals surface area contributed by atoms with Crippen molar-refractivity contribution in [1.29, 1.82) is 0 Å². The van der Waals surface area contributed by atoms with Gasteiger partial charge in [-0.3, -0.25) is 0 Å². The van der Waals surface area contributed by atoms with Crippen molar-refractivity contribution in [1.82, 2.24) is 0 Å². The number of benzene rings is 1. The summed E-state index contributed by atoms with van der Waals surface area (Å²) in [5.41, 5.74) is 5.94. The lowest BCUT2D eigenvalue weighted by atomic mass is 9.62. The van der Waals surface area contributed by atoms with Crippen LogP contribution in [0.1, 0.15) is 18.4 Å². The zero-order chi connectivity index (χ0) is 11.1. The van der Waals surface area contributed by atoms with Crippen LogP contribution in [0.5, 0.6) is 11.5 Å². The number of aliphatic hydroxyl groups is 1. The van der Waals surface area contributed by atoms with E-state index in [-0.39, 0.29) is 23.0 Å². The average molecular weight is 209 g/mol. The molecule has 4 heteroatoms. The Morgan fingerprint density at radius 3 is 2.53 bits per heavy atom. The fourth-order valence-electron chi connectivity index (χ4n) is 2.30. The highest BCUT2D eigenvalue weighted by Gasteiger charge is 2.45. The second-order valence-corrected chi connectivity index (χ2v) is 4.22. The molecule has 15 heavy (non-hydrogen) atoms. The van der Waals surface area contributed by atoms with Gasteiger partial charge in [-0.15, -0.1) is 0 Å². The Morgan fingerprint density at radius 2 is 2.00 bits per heavy atom. The van der Waals surface area contributed by atoms with E-state index in [0.717, 1.165) is 0 Å². The van der Waals surface area contributed by atoms with Crippen LogP contribution in [0, 0.1) is 0 Å². The van der Waals surface area contributed by atoms with Gasteiger partial charge in [0.15, 0.2) is 11.5 Å². The molecule has 2 rings (SSSR count). The monoisotopic (exact) mass is 209 g/mol. The molecule has 0 radical (unpaired) electrons. The number of rotatable bonds is 2. The number of hydrogen-bond donors (Lipinski definition) is 4. The number of phenolic OH excluding ortho intramolecular Hbond substituents is 2. The summed E-state index contributed by atoms with van der Waals surface area (Å²) in [7, 11) is 0. The van der Waals surface area contributed by atoms with Gasteiger partial charge in [0.1, 0.15) is 0 Å². The molecule has 4 nitrogen and oxygen atoms in total. The summed E-state index contributed by atoms with van der Waals surface area (Å²) in [6.07, 6.45) is 0.733. The second kappa shape index (κ2) is 3.40. The zero-order valence-electron chi connectivity index (χ0n) is 8.35. The Kier molecular flexibility index (Phi) is 2.32. The topological polar surface area (TPSA) is 86.7 Å². The Balaban J connectivity index is 2.40. The normalized spacial score (nSPS) is 29.9. The van der Waals surface area contributed by atoms with Gasteiger partial charge in [0.05, 0.1) is 6.10 Å². The summed E-state index contributed by atoms with van der Waals surface area (Å²) in [6, 6.07) is 4.85. The van der Waals surface area contributed by atoms with Crippen LogP contribution in [0.4, 0.5) is 0 Å². The first-order chi connectivity index (χ1) is 7.09. The summed E-state index contributed by atoms with van der Waals surface area (Å²) in [5, 5.41) is 28.5. The van der Waals surface area contributed by atoms with Crippen molar-refractivity contribution in [2.45, 2.75) is 24.4 Å². The first-order valence-corrected chi connectivity index (χ1v) is 4.98. The van der Waals surface area contributed by atoms with E-state index in [2.05, 4.69) is 0 Å². The van der Waals surface area contributed by atoms with Crippen LogP contribution >= 0.6 is 0 Å². The lowest BCUT2D eigenvalue weighted by Crippen LogP contribution is -2.49. The van der Waals surface area contributed by atoms with E-state index < -0.39 is 0 Å². The maximum Gasteiger partial charge on any atom is 0.161 e. The highest BCUT2D eigenvalue weighted by molar-refractivity contribution is 5.49. The molecule has 0 spiro atoms. The van der Waals surface area contributed by atoms with E-state index >= 15 is 0 Å². The molecule has 82 valence electrons. The molecule has 1 fully saturated rings. The van der Waals surface area contributed by atoms with Crippen LogP contribution in [0.15, 0.2) is 18.2 Å². The molecule has 0 saturated heterocycles. The summed E-state index contributed by atoms with van der Waals surface area (Å²) in [6.45, 7) is 0.362. The van der Waals surface area contributed by atoms with Gasteiger partial charge in [0.2, 0.25) is 0 Å². The number of aromatic hydroxyl groups is 2. The molecule has 1 aliphatic rings. The van der Waals surface area contributed by atoms with E-state index in [1.165, 1.54) is 6.07 Å². The maximum atomic E-state index is 9.73. The predicted molar refractivity (Wildman–Crippen MR) is 55.7 cm³/mol. The maximum absolute atomic E-state index is 9.73. The van der Waals surface area contributed by atoms with Gasteiger partial charge in [0, 0.05) is 17.5 Å². The van der Waals surface area contributed by atoms with Gasteiger partial charge in [-0.05, 0) is 18.9 Å². The van der Waals surface area contributed by atoms with Crippen molar-refractivity contribution < 1.29 is 15.3 Å². The van der Waals surface area contributed by atoms with E-state index in [1.54, 1.807) is 12.1 Å². The number of aliphatic hydroxyl groups excluding tert-OH is 1. The fraction of sp³-hybridized carbons (Fsp3) is 0.455. The number of phenols is 2. The Bertz CT molecular complexity index is 372. The van der Waals surface area contributed by atoms with Crippen LogP contribution < -0.4 is 5.73 Å². The summed E-state index contributed by atoms with van der Waals surface area (Å²) >= 11 is 0. The molecule has 1 aliphatic carbocycles. The molecule has 1 aromatic rings. The van der Waals surface area contributed by atoms with Gasteiger partial charge in [-0.2, -0.15) is 0 Å². The molecule has 0 unspecified atom stereocenters. The SMILES string of the molecule is NCC1(c2cccc(O)c2O)CC(O)C1. The lowest BCUT2D eigenvalue weighted by molar-refractivity contribution is 0.0210. The third-order valence-corrected chi connectivity index (χ3v) is 3.23. The molecule has 0 amide bonds. The van der Waals surface area contributed by atoms with Gasteiger partial charge in [-0.25, -0.2) is 0 Å². The van der Waals surface area contributed by atoms with Gasteiger partial charge in [0.25, 0.3) is 0 Å². The van der Waals surface area contributed by atoms with Gasteiger partial charge < -0.3 is 21.1 Å². The van der Waals surface area contributed by atoms with Crippen molar-refractivity contribution in [2.24, 2.45) is 5.73 Å². The number of hydrogen-bond acceptors (Lipinski definition) is 4. The predicted octanol–water partition coefficient (Wildman–Crippen LogP) is 0.449. The molecule has 0 aromatic heterocycles. The first-order valence-electron chi connectivity index (χ1n) is 4.98. The smallest absolute Gasteiger partial charge is 0.161 e.